The zero-order valence-electron chi connectivity index (χ0n) is 11.4. The first kappa shape index (κ1) is 15.2. The van der Waals surface area contributed by atoms with Crippen molar-refractivity contribution in [1.82, 2.24) is 4.98 Å². The molecule has 7 heteroatoms. The number of pyridine rings is 1. The predicted molar refractivity (Wildman–Crippen MR) is 83.5 cm³/mol. The average molecular weight is 352 g/mol. The number of halogens is 1. The number of nitro benzene ring substituents is 1. The SMILES string of the molecule is CCNc1cc(COc2cc([N+](=O)[O-])ccc2Br)ccn1. The number of hydrogen-bond donors (Lipinski definition) is 1. The van der Waals surface area contributed by atoms with Crippen LogP contribution in [-0.4, -0.2) is 16.5 Å². The fourth-order valence-electron chi connectivity index (χ4n) is 1.72. The molecule has 0 radical (unpaired) electrons. The lowest BCUT2D eigenvalue weighted by molar-refractivity contribution is -0.385. The second-order valence-electron chi connectivity index (χ2n) is 4.24. The van der Waals surface area contributed by atoms with Crippen molar-refractivity contribution in [2.75, 3.05) is 11.9 Å². The van der Waals surface area contributed by atoms with Gasteiger partial charge in [-0.1, -0.05) is 0 Å². The highest BCUT2D eigenvalue weighted by molar-refractivity contribution is 9.10. The number of non-ortho nitro benzene ring substituents is 1. The molecule has 0 bridgehead atoms. The molecule has 6 nitrogen and oxygen atoms in total. The Morgan fingerprint density at radius 1 is 1.38 bits per heavy atom. The largest absolute Gasteiger partial charge is 0.487 e. The molecule has 1 aromatic carbocycles. The second-order valence-corrected chi connectivity index (χ2v) is 5.09. The van der Waals surface area contributed by atoms with E-state index in [1.807, 2.05) is 19.1 Å². The summed E-state index contributed by atoms with van der Waals surface area (Å²) < 4.78 is 6.31. The summed E-state index contributed by atoms with van der Waals surface area (Å²) in [4.78, 5) is 14.5. The first-order chi connectivity index (χ1) is 10.1. The van der Waals surface area contributed by atoms with Gasteiger partial charge >= 0.3 is 0 Å². The highest BCUT2D eigenvalue weighted by atomic mass is 79.9. The number of aromatic nitrogens is 1. The molecule has 0 aliphatic carbocycles. The first-order valence-electron chi connectivity index (χ1n) is 6.35. The predicted octanol–water partition coefficient (Wildman–Crippen LogP) is 3.76. The van der Waals surface area contributed by atoms with Crippen molar-refractivity contribution in [2.45, 2.75) is 13.5 Å². The van der Waals surface area contributed by atoms with Crippen LogP contribution in [0, 0.1) is 10.1 Å². The molecule has 110 valence electrons. The van der Waals surface area contributed by atoms with E-state index in [0.29, 0.717) is 16.8 Å². The smallest absolute Gasteiger partial charge is 0.273 e. The number of nitrogens with zero attached hydrogens (tertiary/aromatic N) is 2. The summed E-state index contributed by atoms with van der Waals surface area (Å²) in [6, 6.07) is 8.15. The summed E-state index contributed by atoms with van der Waals surface area (Å²) in [5, 5.41) is 13.9. The Hall–Kier alpha value is -2.15. The molecule has 0 spiro atoms. The van der Waals surface area contributed by atoms with Crippen molar-refractivity contribution in [3.8, 4) is 5.75 Å². The van der Waals surface area contributed by atoms with Crippen molar-refractivity contribution < 1.29 is 9.66 Å². The quantitative estimate of drug-likeness (QED) is 0.633. The van der Waals surface area contributed by atoms with Gasteiger partial charge in [-0.05, 0) is 46.6 Å². The van der Waals surface area contributed by atoms with Gasteiger partial charge in [-0.2, -0.15) is 0 Å². The van der Waals surface area contributed by atoms with E-state index in [4.69, 9.17) is 4.74 Å². The number of benzene rings is 1. The van der Waals surface area contributed by atoms with E-state index in [9.17, 15) is 10.1 Å². The van der Waals surface area contributed by atoms with Crippen molar-refractivity contribution >= 4 is 27.4 Å². The normalized spacial score (nSPS) is 10.2. The minimum Gasteiger partial charge on any atom is -0.487 e. The molecule has 1 N–H and O–H groups in total. The van der Waals surface area contributed by atoms with Gasteiger partial charge in [0, 0.05) is 18.8 Å². The fourth-order valence-corrected chi connectivity index (χ4v) is 2.08. The maximum absolute atomic E-state index is 10.8. The Labute approximate surface area is 130 Å². The van der Waals surface area contributed by atoms with E-state index in [-0.39, 0.29) is 5.69 Å². The number of nitrogens with one attached hydrogen (secondary N) is 1. The van der Waals surface area contributed by atoms with Crippen LogP contribution < -0.4 is 10.1 Å². The molecule has 2 aromatic rings. The number of anilines is 1. The third-order valence-corrected chi connectivity index (χ3v) is 3.36. The number of ether oxygens (including phenoxy) is 1. The lowest BCUT2D eigenvalue weighted by Gasteiger charge is -2.09. The van der Waals surface area contributed by atoms with Crippen LogP contribution in [0.1, 0.15) is 12.5 Å². The molecule has 0 atom stereocenters. The minimum atomic E-state index is -0.449. The van der Waals surface area contributed by atoms with Crippen LogP contribution in [0.5, 0.6) is 5.75 Å². The Morgan fingerprint density at radius 2 is 2.19 bits per heavy atom. The number of hydrogen-bond acceptors (Lipinski definition) is 5. The molecule has 0 fully saturated rings. The van der Waals surface area contributed by atoms with E-state index in [1.54, 1.807) is 12.3 Å². The highest BCUT2D eigenvalue weighted by Crippen LogP contribution is 2.29. The summed E-state index contributed by atoms with van der Waals surface area (Å²) in [5.41, 5.74) is 0.927. The lowest BCUT2D eigenvalue weighted by atomic mass is 10.2. The van der Waals surface area contributed by atoms with Crippen LogP contribution in [-0.2, 0) is 6.61 Å². The Morgan fingerprint density at radius 3 is 2.90 bits per heavy atom. The first-order valence-corrected chi connectivity index (χ1v) is 7.15. The van der Waals surface area contributed by atoms with E-state index in [0.717, 1.165) is 17.9 Å². The van der Waals surface area contributed by atoms with Gasteiger partial charge in [0.1, 0.15) is 18.2 Å². The van der Waals surface area contributed by atoms with Gasteiger partial charge in [-0.15, -0.1) is 0 Å². The zero-order valence-corrected chi connectivity index (χ0v) is 13.0. The van der Waals surface area contributed by atoms with Crippen molar-refractivity contribution in [3.63, 3.8) is 0 Å². The molecular formula is C14H14BrN3O3. The second kappa shape index (κ2) is 7.03. The van der Waals surface area contributed by atoms with Gasteiger partial charge in [0.25, 0.3) is 5.69 Å². The molecule has 1 heterocycles. The maximum atomic E-state index is 10.8. The van der Waals surface area contributed by atoms with Crippen LogP contribution in [0.2, 0.25) is 0 Å². The van der Waals surface area contributed by atoms with Crippen LogP contribution in [0.15, 0.2) is 41.0 Å². The molecule has 1 aromatic heterocycles. The van der Waals surface area contributed by atoms with Crippen LogP contribution in [0.25, 0.3) is 0 Å². The van der Waals surface area contributed by atoms with Gasteiger partial charge in [0.05, 0.1) is 15.5 Å². The molecule has 0 amide bonds. The van der Waals surface area contributed by atoms with E-state index < -0.39 is 4.92 Å². The molecule has 0 aliphatic heterocycles. The molecule has 0 saturated heterocycles. The minimum absolute atomic E-state index is 0.00346. The molecule has 0 unspecified atom stereocenters. The molecule has 2 rings (SSSR count). The topological polar surface area (TPSA) is 77.3 Å². The summed E-state index contributed by atoms with van der Waals surface area (Å²) >= 11 is 3.32. The molecular weight excluding hydrogens is 338 g/mol. The maximum Gasteiger partial charge on any atom is 0.273 e. The fraction of sp³-hybridized carbons (Fsp3) is 0.214. The number of nitro groups is 1. The van der Waals surface area contributed by atoms with Crippen molar-refractivity contribution in [1.29, 1.82) is 0 Å². The van der Waals surface area contributed by atoms with E-state index in [2.05, 4.69) is 26.2 Å². The molecule has 0 saturated carbocycles. The highest BCUT2D eigenvalue weighted by Gasteiger charge is 2.10. The van der Waals surface area contributed by atoms with Gasteiger partial charge in [0.15, 0.2) is 0 Å². The summed E-state index contributed by atoms with van der Waals surface area (Å²) in [5.74, 6) is 1.21. The lowest BCUT2D eigenvalue weighted by Crippen LogP contribution is -2.02. The monoisotopic (exact) mass is 351 g/mol. The molecule has 21 heavy (non-hydrogen) atoms. The van der Waals surface area contributed by atoms with Crippen molar-refractivity contribution in [2.24, 2.45) is 0 Å². The molecule has 0 aliphatic rings. The summed E-state index contributed by atoms with van der Waals surface area (Å²) in [6.45, 7) is 3.08. The van der Waals surface area contributed by atoms with Crippen LogP contribution in [0.3, 0.4) is 0 Å². The van der Waals surface area contributed by atoms with Gasteiger partial charge in [-0.3, -0.25) is 10.1 Å². The Kier molecular flexibility index (Phi) is 5.10. The van der Waals surface area contributed by atoms with Gasteiger partial charge in [0.2, 0.25) is 0 Å². The summed E-state index contributed by atoms with van der Waals surface area (Å²) in [7, 11) is 0. The van der Waals surface area contributed by atoms with Gasteiger partial charge in [-0.25, -0.2) is 4.98 Å². The third kappa shape index (κ3) is 4.16. The average Bonchev–Trinajstić information content (AvgIpc) is 2.47. The number of rotatable bonds is 6. The van der Waals surface area contributed by atoms with Gasteiger partial charge < -0.3 is 10.1 Å². The van der Waals surface area contributed by atoms with Crippen LogP contribution in [0.4, 0.5) is 11.5 Å². The third-order valence-electron chi connectivity index (χ3n) is 2.70. The Balaban J connectivity index is 2.10. The van der Waals surface area contributed by atoms with E-state index in [1.165, 1.54) is 12.1 Å². The van der Waals surface area contributed by atoms with E-state index >= 15 is 0 Å². The Bertz CT molecular complexity index is 649. The van der Waals surface area contributed by atoms with Crippen LogP contribution >= 0.6 is 15.9 Å². The standard InChI is InChI=1S/C14H14BrN3O3/c1-2-16-14-7-10(5-6-17-14)9-21-13-8-11(18(19)20)3-4-12(13)15/h3-8H,2,9H2,1H3,(H,16,17). The summed E-state index contributed by atoms with van der Waals surface area (Å²) in [6.07, 6.45) is 1.69. The van der Waals surface area contributed by atoms with Crippen molar-refractivity contribution in [3.05, 3.63) is 56.7 Å². The zero-order chi connectivity index (χ0) is 15.2.